The average Bonchev–Trinajstić information content (AvgIpc) is 3.10. The van der Waals surface area contributed by atoms with E-state index in [9.17, 15) is 10.1 Å². The fourth-order valence-electron chi connectivity index (χ4n) is 2.57. The Morgan fingerprint density at radius 2 is 2.03 bits per heavy atom. The molecule has 0 spiro atoms. The number of aromatic nitrogens is 3. The Labute approximate surface area is 171 Å². The maximum atomic E-state index is 11.6. The minimum absolute atomic E-state index is 0.0729. The van der Waals surface area contributed by atoms with Crippen molar-refractivity contribution in [3.05, 3.63) is 69.5 Å². The highest BCUT2D eigenvalue weighted by Crippen LogP contribution is 2.38. The summed E-state index contributed by atoms with van der Waals surface area (Å²) in [6.07, 6.45) is 3.36. The molecule has 2 aromatic carbocycles. The van der Waals surface area contributed by atoms with Crippen molar-refractivity contribution in [1.29, 1.82) is 0 Å². The van der Waals surface area contributed by atoms with Crippen LogP contribution in [0.15, 0.2) is 52.7 Å². The van der Waals surface area contributed by atoms with Crippen molar-refractivity contribution in [2.45, 2.75) is 18.7 Å². The van der Waals surface area contributed by atoms with Gasteiger partial charge in [0.2, 0.25) is 10.9 Å². The molecule has 0 aliphatic heterocycles. The number of nitro groups is 1. The Morgan fingerprint density at radius 3 is 2.69 bits per heavy atom. The van der Waals surface area contributed by atoms with Gasteiger partial charge in [0.1, 0.15) is 6.61 Å². The van der Waals surface area contributed by atoms with Crippen LogP contribution in [0.3, 0.4) is 0 Å². The first-order chi connectivity index (χ1) is 14.0. The monoisotopic (exact) mass is 413 g/mol. The summed E-state index contributed by atoms with van der Waals surface area (Å²) in [4.78, 5) is 11.1. The topological polar surface area (TPSA) is 105 Å². The molecule has 0 saturated heterocycles. The van der Waals surface area contributed by atoms with Gasteiger partial charge in [-0.15, -0.1) is 10.2 Å². The molecule has 150 valence electrons. The van der Waals surface area contributed by atoms with E-state index in [2.05, 4.69) is 15.3 Å². The molecule has 1 heterocycles. The largest absolute Gasteiger partial charge is 0.493 e. The lowest BCUT2D eigenvalue weighted by molar-refractivity contribution is -0.386. The molecule has 29 heavy (non-hydrogen) atoms. The number of benzene rings is 2. The zero-order valence-corrected chi connectivity index (χ0v) is 16.9. The molecule has 3 aromatic rings. The maximum Gasteiger partial charge on any atom is 0.315 e. The molecule has 0 fully saturated rings. The zero-order chi connectivity index (χ0) is 20.8. The smallest absolute Gasteiger partial charge is 0.315 e. The van der Waals surface area contributed by atoms with Crippen LogP contribution in [0.2, 0.25) is 0 Å². The second-order valence-electron chi connectivity index (χ2n) is 5.89. The molecule has 0 bridgehead atoms. The molecule has 9 nitrogen and oxygen atoms in total. The molecule has 0 N–H and O–H groups in total. The van der Waals surface area contributed by atoms with E-state index in [0.29, 0.717) is 16.5 Å². The second kappa shape index (κ2) is 9.20. The van der Waals surface area contributed by atoms with Gasteiger partial charge in [0.05, 0.1) is 18.2 Å². The third-order valence-corrected chi connectivity index (χ3v) is 4.59. The average molecular weight is 413 g/mol. The normalized spacial score (nSPS) is 11.0. The van der Waals surface area contributed by atoms with E-state index in [1.54, 1.807) is 17.7 Å². The van der Waals surface area contributed by atoms with Crippen molar-refractivity contribution < 1.29 is 14.4 Å². The van der Waals surface area contributed by atoms with Crippen molar-refractivity contribution in [3.8, 4) is 11.5 Å². The molecule has 0 unspecified atom stereocenters. The highest BCUT2D eigenvalue weighted by atomic mass is 32.2. The zero-order valence-electron chi connectivity index (χ0n) is 16.1. The summed E-state index contributed by atoms with van der Waals surface area (Å²) in [6, 6.07) is 12.4. The minimum atomic E-state index is -0.502. The number of hydrogen-bond donors (Lipinski definition) is 0. The van der Waals surface area contributed by atoms with Crippen molar-refractivity contribution in [1.82, 2.24) is 14.9 Å². The number of thioether (sulfide) groups is 1. The lowest BCUT2D eigenvalue weighted by atomic mass is 10.1. The van der Waals surface area contributed by atoms with E-state index >= 15 is 0 Å². The van der Waals surface area contributed by atoms with E-state index in [1.807, 2.05) is 36.6 Å². The minimum Gasteiger partial charge on any atom is -0.493 e. The van der Waals surface area contributed by atoms with Crippen molar-refractivity contribution >= 4 is 23.7 Å². The van der Waals surface area contributed by atoms with Gasteiger partial charge in [0, 0.05) is 11.6 Å². The van der Waals surface area contributed by atoms with E-state index in [1.165, 1.54) is 31.2 Å². The molecule has 0 aliphatic rings. The number of hydrogen-bond acceptors (Lipinski definition) is 8. The SMILES string of the molecule is COc1cc(/C=N\n2c(C)nnc2SC)cc([N+](=O)[O-])c1OCc1ccccc1. The predicted octanol–water partition coefficient (Wildman–Crippen LogP) is 3.69. The van der Waals surface area contributed by atoms with Gasteiger partial charge >= 0.3 is 5.69 Å². The first-order valence-corrected chi connectivity index (χ1v) is 9.79. The van der Waals surface area contributed by atoms with Crippen LogP contribution >= 0.6 is 11.8 Å². The van der Waals surface area contributed by atoms with Crippen LogP contribution in [0.4, 0.5) is 5.69 Å². The molecule has 3 rings (SSSR count). The number of ether oxygens (including phenoxy) is 2. The molecule has 0 amide bonds. The summed E-state index contributed by atoms with van der Waals surface area (Å²) in [7, 11) is 1.44. The lowest BCUT2D eigenvalue weighted by Crippen LogP contribution is -2.03. The molecule has 0 saturated carbocycles. The van der Waals surface area contributed by atoms with E-state index < -0.39 is 4.92 Å². The maximum absolute atomic E-state index is 11.6. The summed E-state index contributed by atoms with van der Waals surface area (Å²) < 4.78 is 12.6. The standard InChI is InChI=1S/C19H19N5O4S/c1-13-21-22-19(29-3)23(13)20-11-15-9-16(24(25)26)18(17(10-15)27-2)28-12-14-7-5-4-6-8-14/h4-11H,12H2,1-3H3/b20-11-. The van der Waals surface area contributed by atoms with E-state index in [4.69, 9.17) is 9.47 Å². The number of nitrogens with zero attached hydrogens (tertiary/aromatic N) is 5. The first kappa shape index (κ1) is 20.3. The van der Waals surface area contributed by atoms with Crippen LogP contribution < -0.4 is 9.47 Å². The molecule has 1 aromatic heterocycles. The number of methoxy groups -OCH3 is 1. The summed E-state index contributed by atoms with van der Waals surface area (Å²) in [6.45, 7) is 1.95. The third kappa shape index (κ3) is 4.72. The second-order valence-corrected chi connectivity index (χ2v) is 6.67. The fourth-order valence-corrected chi connectivity index (χ4v) is 3.04. The van der Waals surface area contributed by atoms with Gasteiger partial charge < -0.3 is 9.47 Å². The van der Waals surface area contributed by atoms with Crippen LogP contribution in [0, 0.1) is 17.0 Å². The van der Waals surface area contributed by atoms with Crippen molar-refractivity contribution in [3.63, 3.8) is 0 Å². The fraction of sp³-hybridized carbons (Fsp3) is 0.211. The molecule has 0 radical (unpaired) electrons. The summed E-state index contributed by atoms with van der Waals surface area (Å²) in [5.41, 5.74) is 1.18. The Morgan fingerprint density at radius 1 is 1.28 bits per heavy atom. The predicted molar refractivity (Wildman–Crippen MR) is 110 cm³/mol. The highest BCUT2D eigenvalue weighted by molar-refractivity contribution is 7.98. The van der Waals surface area contributed by atoms with Crippen molar-refractivity contribution in [2.75, 3.05) is 13.4 Å². The number of rotatable bonds is 8. The van der Waals surface area contributed by atoms with Gasteiger partial charge in [-0.25, -0.2) is 0 Å². The van der Waals surface area contributed by atoms with Crippen LogP contribution in [-0.2, 0) is 6.61 Å². The van der Waals surface area contributed by atoms with Crippen LogP contribution in [-0.4, -0.2) is 39.4 Å². The number of nitro benzene ring substituents is 1. The van der Waals surface area contributed by atoms with Crippen LogP contribution in [0.25, 0.3) is 0 Å². The van der Waals surface area contributed by atoms with Gasteiger partial charge in [-0.2, -0.15) is 9.78 Å². The Hall–Kier alpha value is -3.40. The van der Waals surface area contributed by atoms with E-state index in [0.717, 1.165) is 5.56 Å². The number of aryl methyl sites for hydroxylation is 1. The van der Waals surface area contributed by atoms with Gasteiger partial charge in [0.15, 0.2) is 11.6 Å². The Balaban J connectivity index is 1.94. The Bertz CT molecular complexity index is 1040. The quantitative estimate of drug-likeness (QED) is 0.240. The molecule has 0 aliphatic carbocycles. The molecule has 10 heteroatoms. The third-order valence-electron chi connectivity index (χ3n) is 3.97. The van der Waals surface area contributed by atoms with Crippen molar-refractivity contribution in [2.24, 2.45) is 5.10 Å². The molecule has 0 atom stereocenters. The summed E-state index contributed by atoms with van der Waals surface area (Å²) in [5, 5.41) is 24.6. The first-order valence-electron chi connectivity index (χ1n) is 8.57. The van der Waals surface area contributed by atoms with Gasteiger partial charge in [-0.05, 0) is 24.8 Å². The van der Waals surface area contributed by atoms with E-state index in [-0.39, 0.29) is 23.8 Å². The summed E-state index contributed by atoms with van der Waals surface area (Å²) in [5.74, 6) is 0.931. The summed E-state index contributed by atoms with van der Waals surface area (Å²) >= 11 is 1.40. The lowest BCUT2D eigenvalue weighted by Gasteiger charge is -2.12. The Kier molecular flexibility index (Phi) is 6.45. The van der Waals surface area contributed by atoms with Gasteiger partial charge in [-0.1, -0.05) is 42.1 Å². The van der Waals surface area contributed by atoms with Gasteiger partial charge in [0.25, 0.3) is 0 Å². The van der Waals surface area contributed by atoms with Crippen LogP contribution in [0.1, 0.15) is 17.0 Å². The van der Waals surface area contributed by atoms with Crippen LogP contribution in [0.5, 0.6) is 11.5 Å². The highest BCUT2D eigenvalue weighted by Gasteiger charge is 2.22. The van der Waals surface area contributed by atoms with Gasteiger partial charge in [-0.3, -0.25) is 10.1 Å². The molecular weight excluding hydrogens is 394 g/mol. The molecular formula is C19H19N5O4S.